The number of rotatable bonds is 5. The van der Waals surface area contributed by atoms with Gasteiger partial charge in [0, 0.05) is 0 Å². The van der Waals surface area contributed by atoms with E-state index in [9.17, 15) is 4.79 Å². The summed E-state index contributed by atoms with van der Waals surface area (Å²) in [5.74, 6) is 0.513. The molecule has 0 aromatic rings. The lowest BCUT2D eigenvalue weighted by Crippen LogP contribution is -1.98. The van der Waals surface area contributed by atoms with Crippen LogP contribution in [0, 0.1) is 0 Å². The molecule has 0 aromatic heterocycles. The minimum Gasteiger partial charge on any atom is -0.481 e. The molecule has 0 unspecified atom stereocenters. The summed E-state index contributed by atoms with van der Waals surface area (Å²) < 4.78 is 0. The molecule has 0 aliphatic heterocycles. The predicted molar refractivity (Wildman–Crippen MR) is 39.9 cm³/mol. The molecular weight excluding hydrogens is 136 g/mol. The third-order valence-electron chi connectivity index (χ3n) is 0.868. The van der Waals surface area contributed by atoms with Gasteiger partial charge in [-0.05, 0) is 12.2 Å². The highest BCUT2D eigenvalue weighted by Crippen LogP contribution is 2.02. The molecule has 3 heteroatoms. The third-order valence-corrected chi connectivity index (χ3v) is 1.90. The summed E-state index contributed by atoms with van der Waals surface area (Å²) in [6.07, 6.45) is 2.27. The number of carbonyl (C=O) groups is 1. The van der Waals surface area contributed by atoms with E-state index in [1.165, 1.54) is 11.8 Å². The van der Waals surface area contributed by atoms with Crippen LogP contribution in [0.15, 0.2) is 0 Å². The fourth-order valence-corrected chi connectivity index (χ4v) is 1.22. The normalized spacial score (nSPS) is 9.44. The molecule has 0 amide bonds. The highest BCUT2D eigenvalue weighted by molar-refractivity contribution is 7.99. The van der Waals surface area contributed by atoms with Gasteiger partial charge in [0.1, 0.15) is 0 Å². The third kappa shape index (κ3) is 7.82. The van der Waals surface area contributed by atoms with Crippen LogP contribution in [-0.2, 0) is 4.79 Å². The molecule has 0 spiro atoms. The zero-order valence-electron chi connectivity index (χ0n) is 5.59. The Morgan fingerprint density at radius 2 is 2.33 bits per heavy atom. The quantitative estimate of drug-likeness (QED) is 0.602. The molecule has 0 bridgehead atoms. The summed E-state index contributed by atoms with van der Waals surface area (Å²) in [6.45, 7) is 2.10. The Kier molecular flexibility index (Phi) is 5.83. The average Bonchev–Trinajstić information content (AvgIpc) is 1.80. The van der Waals surface area contributed by atoms with Gasteiger partial charge in [-0.3, -0.25) is 4.79 Å². The van der Waals surface area contributed by atoms with E-state index in [2.05, 4.69) is 6.92 Å². The smallest absolute Gasteiger partial charge is 0.313 e. The summed E-state index contributed by atoms with van der Waals surface area (Å²) in [6, 6.07) is 0. The summed E-state index contributed by atoms with van der Waals surface area (Å²) >= 11 is 1.49. The lowest BCUT2D eigenvalue weighted by molar-refractivity contribution is -0.133. The topological polar surface area (TPSA) is 37.3 Å². The molecule has 0 aliphatic rings. The molecule has 0 radical (unpaired) electrons. The van der Waals surface area contributed by atoms with Crippen molar-refractivity contribution in [2.24, 2.45) is 0 Å². The number of carboxylic acid groups (broad SMARTS) is 1. The molecule has 0 saturated heterocycles. The van der Waals surface area contributed by atoms with Gasteiger partial charge in [0.25, 0.3) is 0 Å². The molecular formula is C6H12O2S. The second-order valence-corrected chi connectivity index (χ2v) is 2.91. The van der Waals surface area contributed by atoms with E-state index in [-0.39, 0.29) is 5.75 Å². The lowest BCUT2D eigenvalue weighted by Gasteiger charge is -1.93. The molecule has 54 valence electrons. The Labute approximate surface area is 59.6 Å². The Bertz CT molecular complexity index is 83.1. The fraction of sp³-hybridized carbons (Fsp3) is 0.833. The Morgan fingerprint density at radius 1 is 1.67 bits per heavy atom. The van der Waals surface area contributed by atoms with Gasteiger partial charge >= 0.3 is 5.97 Å². The highest BCUT2D eigenvalue weighted by Gasteiger charge is 1.94. The minimum absolute atomic E-state index is 0.250. The summed E-state index contributed by atoms with van der Waals surface area (Å²) in [7, 11) is 0. The van der Waals surface area contributed by atoms with Crippen LogP contribution in [0.2, 0.25) is 0 Å². The highest BCUT2D eigenvalue weighted by atomic mass is 32.2. The first-order valence-corrected chi connectivity index (χ1v) is 4.22. The first-order chi connectivity index (χ1) is 4.27. The molecule has 0 fully saturated rings. The van der Waals surface area contributed by atoms with Crippen molar-refractivity contribution in [3.05, 3.63) is 0 Å². The Hall–Kier alpha value is -0.180. The Balaban J connectivity index is 2.83. The molecule has 2 nitrogen and oxygen atoms in total. The molecule has 1 N–H and O–H groups in total. The van der Waals surface area contributed by atoms with Crippen molar-refractivity contribution in [2.75, 3.05) is 11.5 Å². The number of hydrogen-bond acceptors (Lipinski definition) is 2. The largest absolute Gasteiger partial charge is 0.481 e. The van der Waals surface area contributed by atoms with Crippen LogP contribution in [0.5, 0.6) is 0 Å². The molecule has 0 heterocycles. The maximum Gasteiger partial charge on any atom is 0.313 e. The SMILES string of the molecule is CCCCSCC(=O)O. The van der Waals surface area contributed by atoms with Crippen molar-refractivity contribution >= 4 is 17.7 Å². The van der Waals surface area contributed by atoms with Crippen LogP contribution in [0.4, 0.5) is 0 Å². The first kappa shape index (κ1) is 8.82. The van der Waals surface area contributed by atoms with E-state index in [0.29, 0.717) is 0 Å². The first-order valence-electron chi connectivity index (χ1n) is 3.07. The number of hydrogen-bond donors (Lipinski definition) is 1. The number of carboxylic acids is 1. The van der Waals surface area contributed by atoms with E-state index in [1.807, 2.05) is 0 Å². The van der Waals surface area contributed by atoms with Gasteiger partial charge in [-0.15, -0.1) is 0 Å². The lowest BCUT2D eigenvalue weighted by atomic mass is 10.4. The molecule has 0 aromatic carbocycles. The van der Waals surface area contributed by atoms with Gasteiger partial charge in [0.2, 0.25) is 0 Å². The van der Waals surface area contributed by atoms with Gasteiger partial charge < -0.3 is 5.11 Å². The van der Waals surface area contributed by atoms with Crippen molar-refractivity contribution in [1.29, 1.82) is 0 Å². The molecule has 0 rings (SSSR count). The van der Waals surface area contributed by atoms with E-state index >= 15 is 0 Å². The number of thioether (sulfide) groups is 1. The van der Waals surface area contributed by atoms with Crippen molar-refractivity contribution in [3.8, 4) is 0 Å². The maximum absolute atomic E-state index is 9.94. The number of aliphatic carboxylic acids is 1. The maximum atomic E-state index is 9.94. The van der Waals surface area contributed by atoms with E-state index in [4.69, 9.17) is 5.11 Å². The van der Waals surface area contributed by atoms with E-state index < -0.39 is 5.97 Å². The Morgan fingerprint density at radius 3 is 2.78 bits per heavy atom. The monoisotopic (exact) mass is 148 g/mol. The van der Waals surface area contributed by atoms with Gasteiger partial charge in [-0.1, -0.05) is 13.3 Å². The van der Waals surface area contributed by atoms with Gasteiger partial charge in [0.05, 0.1) is 5.75 Å². The summed E-state index contributed by atoms with van der Waals surface area (Å²) in [5.41, 5.74) is 0. The van der Waals surface area contributed by atoms with Crippen LogP contribution in [0.1, 0.15) is 19.8 Å². The standard InChI is InChI=1S/C6H12O2S/c1-2-3-4-9-5-6(7)8/h2-5H2,1H3,(H,7,8). The van der Waals surface area contributed by atoms with E-state index in [1.54, 1.807) is 0 Å². The summed E-state index contributed by atoms with van der Waals surface area (Å²) in [5, 5.41) is 8.19. The average molecular weight is 148 g/mol. The fourth-order valence-electron chi connectivity index (χ4n) is 0.406. The zero-order chi connectivity index (χ0) is 7.11. The van der Waals surface area contributed by atoms with E-state index in [0.717, 1.165) is 18.6 Å². The minimum atomic E-state index is -0.712. The molecule has 0 atom stereocenters. The van der Waals surface area contributed by atoms with Crippen molar-refractivity contribution in [2.45, 2.75) is 19.8 Å². The number of unbranched alkanes of at least 4 members (excludes halogenated alkanes) is 1. The van der Waals surface area contributed by atoms with Crippen molar-refractivity contribution < 1.29 is 9.90 Å². The van der Waals surface area contributed by atoms with Gasteiger partial charge in [-0.25, -0.2) is 0 Å². The zero-order valence-corrected chi connectivity index (χ0v) is 6.41. The van der Waals surface area contributed by atoms with Crippen LogP contribution in [-0.4, -0.2) is 22.6 Å². The van der Waals surface area contributed by atoms with Crippen LogP contribution < -0.4 is 0 Å². The van der Waals surface area contributed by atoms with Crippen LogP contribution in [0.25, 0.3) is 0 Å². The predicted octanol–water partition coefficient (Wildman–Crippen LogP) is 1.60. The van der Waals surface area contributed by atoms with Crippen molar-refractivity contribution in [3.63, 3.8) is 0 Å². The second-order valence-electron chi connectivity index (χ2n) is 1.80. The summed E-state index contributed by atoms with van der Waals surface area (Å²) in [4.78, 5) is 9.94. The van der Waals surface area contributed by atoms with Crippen LogP contribution in [0.3, 0.4) is 0 Å². The molecule has 0 saturated carbocycles. The molecule has 9 heavy (non-hydrogen) atoms. The second kappa shape index (κ2) is 5.95. The van der Waals surface area contributed by atoms with Gasteiger partial charge in [0.15, 0.2) is 0 Å². The van der Waals surface area contributed by atoms with Crippen LogP contribution >= 0.6 is 11.8 Å². The molecule has 0 aliphatic carbocycles. The van der Waals surface area contributed by atoms with Gasteiger partial charge in [-0.2, -0.15) is 11.8 Å². The van der Waals surface area contributed by atoms with Crippen molar-refractivity contribution in [1.82, 2.24) is 0 Å².